The predicted octanol–water partition coefficient (Wildman–Crippen LogP) is 3.39. The van der Waals surface area contributed by atoms with Gasteiger partial charge < -0.3 is 4.74 Å². The Morgan fingerprint density at radius 1 is 1.37 bits per heavy atom. The maximum atomic E-state index is 13.3. The van der Waals surface area contributed by atoms with Crippen LogP contribution in [0.5, 0.6) is 5.75 Å². The number of halogens is 4. The Balaban J connectivity index is 2.31. The fraction of sp³-hybridized carbons (Fsp3) is 0.462. The van der Waals surface area contributed by atoms with Crippen LogP contribution in [0.15, 0.2) is 18.2 Å². The highest BCUT2D eigenvalue weighted by atomic mass is 19.4. The third-order valence-electron chi connectivity index (χ3n) is 3.40. The predicted molar refractivity (Wildman–Crippen MR) is 59.5 cm³/mol. The van der Waals surface area contributed by atoms with Gasteiger partial charge in [0.15, 0.2) is 0 Å². The second-order valence-electron chi connectivity index (χ2n) is 4.72. The molecule has 0 unspecified atom stereocenters. The standard InChI is InChI=1S/C13H12F4O2/c1-19-10-3-2-8(14)6-9(10)12(4-5-12)7-11(18)13(15,16)17/h2-3,6H,4-5,7H2,1H3. The number of alkyl halides is 3. The average Bonchev–Trinajstić information content (AvgIpc) is 3.08. The van der Waals surface area contributed by atoms with Crippen LogP contribution in [0.25, 0.3) is 0 Å². The maximum Gasteiger partial charge on any atom is 0.450 e. The molecule has 1 aromatic carbocycles. The second kappa shape index (κ2) is 4.51. The van der Waals surface area contributed by atoms with Crippen LogP contribution in [0.3, 0.4) is 0 Å². The van der Waals surface area contributed by atoms with Crippen LogP contribution >= 0.6 is 0 Å². The Kier molecular flexibility index (Phi) is 3.28. The molecule has 0 heterocycles. The van der Waals surface area contributed by atoms with E-state index in [1.807, 2.05) is 0 Å². The van der Waals surface area contributed by atoms with Crippen LogP contribution in [-0.4, -0.2) is 19.1 Å². The number of hydrogen-bond acceptors (Lipinski definition) is 2. The van der Waals surface area contributed by atoms with E-state index in [1.54, 1.807) is 0 Å². The molecule has 0 saturated heterocycles. The first kappa shape index (κ1) is 13.8. The fourth-order valence-corrected chi connectivity index (χ4v) is 2.19. The van der Waals surface area contributed by atoms with Gasteiger partial charge in [0.25, 0.3) is 0 Å². The second-order valence-corrected chi connectivity index (χ2v) is 4.72. The number of ether oxygens (including phenoxy) is 1. The van der Waals surface area contributed by atoms with Gasteiger partial charge in [-0.15, -0.1) is 0 Å². The lowest BCUT2D eigenvalue weighted by molar-refractivity contribution is -0.171. The van der Waals surface area contributed by atoms with Crippen molar-refractivity contribution < 1.29 is 27.1 Å². The van der Waals surface area contributed by atoms with Crippen LogP contribution in [0.2, 0.25) is 0 Å². The minimum absolute atomic E-state index is 0.314. The Morgan fingerprint density at radius 2 is 2.00 bits per heavy atom. The molecule has 19 heavy (non-hydrogen) atoms. The number of carbonyl (C=O) groups is 1. The minimum Gasteiger partial charge on any atom is -0.496 e. The monoisotopic (exact) mass is 276 g/mol. The van der Waals surface area contributed by atoms with Crippen LogP contribution in [0.4, 0.5) is 17.6 Å². The number of hydrogen-bond donors (Lipinski definition) is 0. The Hall–Kier alpha value is -1.59. The van der Waals surface area contributed by atoms with Crippen LogP contribution in [0.1, 0.15) is 24.8 Å². The molecule has 0 spiro atoms. The summed E-state index contributed by atoms with van der Waals surface area (Å²) < 4.78 is 55.3. The first-order valence-corrected chi connectivity index (χ1v) is 5.72. The summed E-state index contributed by atoms with van der Waals surface area (Å²) in [5.41, 5.74) is -0.590. The van der Waals surface area contributed by atoms with Crippen molar-refractivity contribution in [2.24, 2.45) is 0 Å². The zero-order valence-corrected chi connectivity index (χ0v) is 10.2. The molecule has 0 bridgehead atoms. The normalized spacial score (nSPS) is 17.1. The first-order valence-electron chi connectivity index (χ1n) is 5.72. The number of rotatable bonds is 4. The summed E-state index contributed by atoms with van der Waals surface area (Å²) in [5, 5.41) is 0. The average molecular weight is 276 g/mol. The Bertz CT molecular complexity index is 504. The molecule has 0 aromatic heterocycles. The van der Waals surface area contributed by atoms with Crippen molar-refractivity contribution in [3.63, 3.8) is 0 Å². The molecule has 0 amide bonds. The molecule has 6 heteroatoms. The summed E-state index contributed by atoms with van der Waals surface area (Å²) in [6, 6.07) is 3.68. The molecule has 1 aliphatic carbocycles. The lowest BCUT2D eigenvalue weighted by atomic mass is 9.89. The van der Waals surface area contributed by atoms with Gasteiger partial charge in [-0.2, -0.15) is 13.2 Å². The van der Waals surface area contributed by atoms with E-state index in [9.17, 15) is 22.4 Å². The zero-order chi connectivity index (χ0) is 14.3. The number of Topliss-reactive ketones (excluding diaryl/α,β-unsaturated/α-hetero) is 1. The van der Waals surface area contributed by atoms with Crippen molar-refractivity contribution >= 4 is 5.78 Å². The zero-order valence-electron chi connectivity index (χ0n) is 10.2. The van der Waals surface area contributed by atoms with Gasteiger partial charge in [-0.05, 0) is 31.0 Å². The van der Waals surface area contributed by atoms with E-state index in [4.69, 9.17) is 4.74 Å². The van der Waals surface area contributed by atoms with E-state index in [2.05, 4.69) is 0 Å². The molecule has 1 saturated carbocycles. The largest absolute Gasteiger partial charge is 0.496 e. The molecule has 0 N–H and O–H groups in total. The van der Waals surface area contributed by atoms with Gasteiger partial charge in [-0.25, -0.2) is 4.39 Å². The summed E-state index contributed by atoms with van der Waals surface area (Å²) >= 11 is 0. The van der Waals surface area contributed by atoms with Crippen molar-refractivity contribution in [3.05, 3.63) is 29.6 Å². The topological polar surface area (TPSA) is 26.3 Å². The van der Waals surface area contributed by atoms with Gasteiger partial charge in [0, 0.05) is 17.4 Å². The molecule has 1 aliphatic rings. The van der Waals surface area contributed by atoms with Crippen molar-refractivity contribution in [1.82, 2.24) is 0 Å². The molecule has 2 rings (SSSR count). The van der Waals surface area contributed by atoms with Gasteiger partial charge in [-0.1, -0.05) is 0 Å². The fourth-order valence-electron chi connectivity index (χ4n) is 2.19. The van der Waals surface area contributed by atoms with Gasteiger partial charge in [-0.3, -0.25) is 4.79 Å². The van der Waals surface area contributed by atoms with Gasteiger partial charge >= 0.3 is 6.18 Å². The highest BCUT2D eigenvalue weighted by Gasteiger charge is 2.52. The van der Waals surface area contributed by atoms with E-state index in [0.29, 0.717) is 24.2 Å². The molecule has 0 radical (unpaired) electrons. The summed E-state index contributed by atoms with van der Waals surface area (Å²) in [6.07, 6.45) is -4.66. The molecule has 0 atom stereocenters. The van der Waals surface area contributed by atoms with E-state index >= 15 is 0 Å². The van der Waals surface area contributed by atoms with Crippen molar-refractivity contribution in [1.29, 1.82) is 0 Å². The van der Waals surface area contributed by atoms with Crippen LogP contribution in [-0.2, 0) is 10.2 Å². The van der Waals surface area contributed by atoms with Gasteiger partial charge in [0.2, 0.25) is 5.78 Å². The molecule has 104 valence electrons. The quantitative estimate of drug-likeness (QED) is 0.788. The molecular formula is C13H12F4O2. The summed E-state index contributed by atoms with van der Waals surface area (Å²) in [5.74, 6) is -2.02. The number of benzene rings is 1. The molecule has 0 aliphatic heterocycles. The Labute approximate surface area is 107 Å². The third kappa shape index (κ3) is 2.72. The molecule has 1 fully saturated rings. The van der Waals surface area contributed by atoms with Crippen molar-refractivity contribution in [2.75, 3.05) is 7.11 Å². The van der Waals surface area contributed by atoms with E-state index in [-0.39, 0.29) is 0 Å². The van der Waals surface area contributed by atoms with Crippen LogP contribution in [0, 0.1) is 5.82 Å². The number of methoxy groups -OCH3 is 1. The highest BCUT2D eigenvalue weighted by Crippen LogP contribution is 2.54. The third-order valence-corrected chi connectivity index (χ3v) is 3.40. The summed E-state index contributed by atoms with van der Waals surface area (Å²) in [6.45, 7) is 0. The Morgan fingerprint density at radius 3 is 2.47 bits per heavy atom. The van der Waals surface area contributed by atoms with E-state index in [1.165, 1.54) is 19.2 Å². The van der Waals surface area contributed by atoms with Gasteiger partial charge in [0.1, 0.15) is 11.6 Å². The lowest BCUT2D eigenvalue weighted by Gasteiger charge is -2.19. The molecule has 1 aromatic rings. The van der Waals surface area contributed by atoms with Gasteiger partial charge in [0.05, 0.1) is 7.11 Å². The van der Waals surface area contributed by atoms with E-state index in [0.717, 1.165) is 6.07 Å². The number of carbonyl (C=O) groups excluding carboxylic acids is 1. The lowest BCUT2D eigenvalue weighted by Crippen LogP contribution is -2.27. The summed E-state index contributed by atoms with van der Waals surface area (Å²) in [4.78, 5) is 11.1. The first-order chi connectivity index (χ1) is 8.78. The summed E-state index contributed by atoms with van der Waals surface area (Å²) in [7, 11) is 1.36. The SMILES string of the molecule is COc1ccc(F)cc1C1(CC(=O)C(F)(F)F)CC1. The maximum absolute atomic E-state index is 13.3. The van der Waals surface area contributed by atoms with Crippen molar-refractivity contribution in [2.45, 2.75) is 30.9 Å². The van der Waals surface area contributed by atoms with Crippen molar-refractivity contribution in [3.8, 4) is 5.75 Å². The van der Waals surface area contributed by atoms with Crippen LogP contribution < -0.4 is 4.74 Å². The number of ketones is 1. The smallest absolute Gasteiger partial charge is 0.450 e. The molecular weight excluding hydrogens is 264 g/mol. The highest BCUT2D eigenvalue weighted by molar-refractivity contribution is 5.86. The van der Waals surface area contributed by atoms with E-state index < -0.39 is 29.6 Å². The molecule has 2 nitrogen and oxygen atoms in total. The minimum atomic E-state index is -4.85.